The number of rotatable bonds is 3. The highest BCUT2D eigenvalue weighted by molar-refractivity contribution is 8.13. The minimum atomic E-state index is -0.314. The number of nitrogens with two attached hydrogens (primary N) is 2. The number of carbonyl (C=O) groups excluding carboxylic acids is 1. The lowest BCUT2D eigenvalue weighted by atomic mass is 9.79. The lowest BCUT2D eigenvalue weighted by Gasteiger charge is -2.36. The molecule has 126 valence electrons. The summed E-state index contributed by atoms with van der Waals surface area (Å²) in [5.74, 6) is 1.12. The number of amides is 1. The number of anilines is 1. The molecule has 1 aromatic rings. The van der Waals surface area contributed by atoms with Crippen molar-refractivity contribution in [1.29, 1.82) is 0 Å². The van der Waals surface area contributed by atoms with Crippen LogP contribution in [-0.2, 0) is 0 Å². The van der Waals surface area contributed by atoms with E-state index in [4.69, 9.17) is 11.5 Å². The average Bonchev–Trinajstić information content (AvgIpc) is 2.55. The quantitative estimate of drug-likeness (QED) is 0.763. The first-order chi connectivity index (χ1) is 11.5. The molecule has 1 aliphatic carbocycles. The van der Waals surface area contributed by atoms with Gasteiger partial charge in [-0.05, 0) is 25.8 Å². The third-order valence-corrected chi connectivity index (χ3v) is 5.05. The van der Waals surface area contributed by atoms with E-state index in [1.165, 1.54) is 12.4 Å². The van der Waals surface area contributed by atoms with Crippen LogP contribution in [0.4, 0.5) is 5.82 Å². The summed E-state index contributed by atoms with van der Waals surface area (Å²) in [5, 5.41) is 3.49. The molecule has 0 spiro atoms. The molecule has 2 heterocycles. The Morgan fingerprint density at radius 1 is 1.38 bits per heavy atom. The molecule has 1 amide bonds. The molecule has 0 saturated carbocycles. The van der Waals surface area contributed by atoms with Crippen LogP contribution in [0.1, 0.15) is 30.3 Å². The Hall–Kier alpha value is -2.35. The van der Waals surface area contributed by atoms with Gasteiger partial charge in [0, 0.05) is 17.4 Å². The molecule has 0 fully saturated rings. The van der Waals surface area contributed by atoms with Crippen LogP contribution in [0.25, 0.3) is 0 Å². The number of hydrogen-bond acceptors (Lipinski definition) is 7. The standard InChI is InChI=1S/C16H20N6OS/c1-16(5-6-24-15(18)22-16)10-3-2-4-11(7-10)21-14(23)12-8-20-13(17)9-19-12/h2,4,7-10H,3,5-6H2,1H3,(H2,17,20)(H2,18,22)(H,21,23). The summed E-state index contributed by atoms with van der Waals surface area (Å²) in [4.78, 5) is 24.8. The average molecular weight is 344 g/mol. The summed E-state index contributed by atoms with van der Waals surface area (Å²) < 4.78 is 0. The Bertz CT molecular complexity index is 727. The second-order valence-corrected chi connectivity index (χ2v) is 7.17. The molecule has 2 unspecified atom stereocenters. The van der Waals surface area contributed by atoms with Crippen LogP contribution in [0.2, 0.25) is 0 Å². The van der Waals surface area contributed by atoms with Crippen molar-refractivity contribution < 1.29 is 4.79 Å². The van der Waals surface area contributed by atoms with Gasteiger partial charge in [0.2, 0.25) is 0 Å². The van der Waals surface area contributed by atoms with Gasteiger partial charge in [0.25, 0.3) is 5.91 Å². The fourth-order valence-electron chi connectivity index (χ4n) is 2.82. The summed E-state index contributed by atoms with van der Waals surface area (Å²) in [5.41, 5.74) is 12.1. The molecule has 3 rings (SSSR count). The Labute approximate surface area is 144 Å². The maximum absolute atomic E-state index is 12.3. The highest BCUT2D eigenvalue weighted by Gasteiger charge is 2.35. The molecule has 0 bridgehead atoms. The summed E-state index contributed by atoms with van der Waals surface area (Å²) in [6, 6.07) is 0. The van der Waals surface area contributed by atoms with Crippen molar-refractivity contribution in [3.8, 4) is 0 Å². The number of thioether (sulfide) groups is 1. The van der Waals surface area contributed by atoms with E-state index in [1.54, 1.807) is 11.8 Å². The van der Waals surface area contributed by atoms with Gasteiger partial charge in [-0.3, -0.25) is 9.79 Å². The molecule has 7 nitrogen and oxygen atoms in total. The molecule has 0 radical (unpaired) electrons. The van der Waals surface area contributed by atoms with Crippen LogP contribution >= 0.6 is 11.8 Å². The SMILES string of the molecule is CC1(C2C=C(NC(=O)c3cnc(N)cn3)C=CC2)CCSC(N)=N1. The Morgan fingerprint density at radius 3 is 2.92 bits per heavy atom. The number of carbonyl (C=O) groups is 1. The minimum absolute atomic E-state index is 0.190. The maximum Gasteiger partial charge on any atom is 0.275 e. The second-order valence-electron chi connectivity index (χ2n) is 6.05. The first-order valence-electron chi connectivity index (χ1n) is 7.72. The fourth-order valence-corrected chi connectivity index (χ4v) is 3.82. The largest absolute Gasteiger partial charge is 0.382 e. The summed E-state index contributed by atoms with van der Waals surface area (Å²) >= 11 is 1.59. The predicted molar refractivity (Wildman–Crippen MR) is 96.3 cm³/mol. The van der Waals surface area contributed by atoms with Crippen molar-refractivity contribution in [2.45, 2.75) is 25.3 Å². The van der Waals surface area contributed by atoms with Gasteiger partial charge in [0.05, 0.1) is 17.9 Å². The molecule has 2 aliphatic rings. The Kier molecular flexibility index (Phi) is 4.57. The number of nitrogens with one attached hydrogen (secondary N) is 1. The van der Waals surface area contributed by atoms with E-state index in [1.807, 2.05) is 12.2 Å². The predicted octanol–water partition coefficient (Wildman–Crippen LogP) is 1.46. The van der Waals surface area contributed by atoms with E-state index >= 15 is 0 Å². The van der Waals surface area contributed by atoms with E-state index < -0.39 is 0 Å². The van der Waals surface area contributed by atoms with Gasteiger partial charge in [-0.25, -0.2) is 9.97 Å². The molecular weight excluding hydrogens is 324 g/mol. The Balaban J connectivity index is 1.75. The topological polar surface area (TPSA) is 119 Å². The number of amidine groups is 1. The third-order valence-electron chi connectivity index (χ3n) is 4.25. The molecule has 0 aromatic carbocycles. The number of hydrogen-bond donors (Lipinski definition) is 3. The zero-order valence-corrected chi connectivity index (χ0v) is 14.2. The number of allylic oxidation sites excluding steroid dienone is 2. The lowest BCUT2D eigenvalue weighted by molar-refractivity contribution is 0.0961. The van der Waals surface area contributed by atoms with Crippen molar-refractivity contribution in [3.63, 3.8) is 0 Å². The van der Waals surface area contributed by atoms with Crippen LogP contribution in [0, 0.1) is 5.92 Å². The second kappa shape index (κ2) is 6.64. The van der Waals surface area contributed by atoms with Gasteiger partial charge in [0.15, 0.2) is 5.17 Å². The first-order valence-corrected chi connectivity index (χ1v) is 8.70. The fraction of sp³-hybridized carbons (Fsp3) is 0.375. The monoisotopic (exact) mass is 344 g/mol. The van der Waals surface area contributed by atoms with Crippen molar-refractivity contribution >= 4 is 28.7 Å². The van der Waals surface area contributed by atoms with Crippen molar-refractivity contribution in [3.05, 3.63) is 42.0 Å². The highest BCUT2D eigenvalue weighted by atomic mass is 32.2. The van der Waals surface area contributed by atoms with E-state index in [-0.39, 0.29) is 28.9 Å². The van der Waals surface area contributed by atoms with E-state index in [0.717, 1.165) is 24.3 Å². The van der Waals surface area contributed by atoms with Gasteiger partial charge >= 0.3 is 0 Å². The van der Waals surface area contributed by atoms with Crippen molar-refractivity contribution in [1.82, 2.24) is 15.3 Å². The maximum atomic E-state index is 12.3. The summed E-state index contributed by atoms with van der Waals surface area (Å²) in [7, 11) is 0. The molecule has 8 heteroatoms. The zero-order valence-electron chi connectivity index (χ0n) is 13.4. The van der Waals surface area contributed by atoms with Crippen LogP contribution in [0.5, 0.6) is 0 Å². The first kappa shape index (κ1) is 16.5. The van der Waals surface area contributed by atoms with Gasteiger partial charge in [-0.15, -0.1) is 0 Å². The summed E-state index contributed by atoms with van der Waals surface area (Å²) in [6.07, 6.45) is 10.5. The normalized spacial score (nSPS) is 26.5. The van der Waals surface area contributed by atoms with Gasteiger partial charge in [-0.2, -0.15) is 0 Å². The number of nitrogens with zero attached hydrogens (tertiary/aromatic N) is 3. The van der Waals surface area contributed by atoms with E-state index in [0.29, 0.717) is 5.17 Å². The van der Waals surface area contributed by atoms with Crippen LogP contribution < -0.4 is 16.8 Å². The smallest absolute Gasteiger partial charge is 0.275 e. The van der Waals surface area contributed by atoms with Crippen LogP contribution in [0.3, 0.4) is 0 Å². The molecule has 1 aromatic heterocycles. The lowest BCUT2D eigenvalue weighted by Crippen LogP contribution is -2.38. The molecule has 2 atom stereocenters. The molecule has 1 aliphatic heterocycles. The number of aromatic nitrogens is 2. The molecular formula is C16H20N6OS. The van der Waals surface area contributed by atoms with Crippen LogP contribution in [-0.4, -0.2) is 32.3 Å². The summed E-state index contributed by atoms with van der Waals surface area (Å²) in [6.45, 7) is 2.12. The van der Waals surface area contributed by atoms with E-state index in [9.17, 15) is 4.79 Å². The highest BCUT2D eigenvalue weighted by Crippen LogP contribution is 2.37. The van der Waals surface area contributed by atoms with Gasteiger partial charge in [0.1, 0.15) is 11.5 Å². The van der Waals surface area contributed by atoms with Crippen LogP contribution in [0.15, 0.2) is 41.3 Å². The zero-order chi connectivity index (χ0) is 17.2. The minimum Gasteiger partial charge on any atom is -0.382 e. The van der Waals surface area contributed by atoms with Crippen molar-refractivity contribution in [2.75, 3.05) is 11.5 Å². The molecule has 24 heavy (non-hydrogen) atoms. The third kappa shape index (κ3) is 3.59. The number of aliphatic imine (C=N–C) groups is 1. The van der Waals surface area contributed by atoms with E-state index in [2.05, 4.69) is 33.3 Å². The van der Waals surface area contributed by atoms with Gasteiger partial charge < -0.3 is 16.8 Å². The van der Waals surface area contributed by atoms with Crippen molar-refractivity contribution in [2.24, 2.45) is 16.6 Å². The number of nitrogen functional groups attached to an aromatic ring is 1. The van der Waals surface area contributed by atoms with Gasteiger partial charge in [-0.1, -0.05) is 23.9 Å². The Morgan fingerprint density at radius 2 is 2.21 bits per heavy atom. The molecule has 0 saturated heterocycles. The molecule has 5 N–H and O–H groups in total.